The summed E-state index contributed by atoms with van der Waals surface area (Å²) in [5.41, 5.74) is -0.542. The van der Waals surface area contributed by atoms with Crippen LogP contribution in [-0.2, 0) is 17.5 Å². The zero-order valence-electron chi connectivity index (χ0n) is 11.5. The topological polar surface area (TPSA) is 37.4 Å². The summed E-state index contributed by atoms with van der Waals surface area (Å²) in [6, 6.07) is 9.24. The van der Waals surface area contributed by atoms with E-state index in [1.807, 2.05) is 0 Å². The van der Waals surface area contributed by atoms with Gasteiger partial charge in [0.2, 0.25) is 0 Å². The molecule has 0 unspecified atom stereocenters. The van der Waals surface area contributed by atoms with E-state index in [2.05, 4.69) is 0 Å². The highest BCUT2D eigenvalue weighted by molar-refractivity contribution is 6.52. The Labute approximate surface area is 134 Å². The van der Waals surface area contributed by atoms with Gasteiger partial charge in [-0.15, -0.1) is 0 Å². The van der Waals surface area contributed by atoms with E-state index in [-0.39, 0.29) is 28.4 Å². The third kappa shape index (κ3) is 2.70. The second-order valence-electron chi connectivity index (χ2n) is 5.04. The SMILES string of the molecule is O=C1C(=O)N(Cc2ccccc2C(F)(F)F)c2ccc(Cl)cc21. The first-order chi connectivity index (χ1) is 10.8. The van der Waals surface area contributed by atoms with Gasteiger partial charge in [0, 0.05) is 5.02 Å². The van der Waals surface area contributed by atoms with Crippen molar-refractivity contribution in [3.05, 3.63) is 64.2 Å². The van der Waals surface area contributed by atoms with Crippen LogP contribution in [0.2, 0.25) is 5.02 Å². The molecule has 0 saturated heterocycles. The van der Waals surface area contributed by atoms with Crippen LogP contribution < -0.4 is 4.90 Å². The smallest absolute Gasteiger partial charge is 0.300 e. The molecule has 0 aliphatic carbocycles. The molecule has 0 saturated carbocycles. The van der Waals surface area contributed by atoms with Gasteiger partial charge in [0.1, 0.15) is 0 Å². The van der Waals surface area contributed by atoms with E-state index in [1.54, 1.807) is 0 Å². The molecule has 0 N–H and O–H groups in total. The lowest BCUT2D eigenvalue weighted by Crippen LogP contribution is -2.30. The molecular weight excluding hydrogens is 331 g/mol. The van der Waals surface area contributed by atoms with Gasteiger partial charge in [0.05, 0.1) is 23.4 Å². The normalized spacial score (nSPS) is 14.3. The van der Waals surface area contributed by atoms with Crippen LogP contribution in [0.5, 0.6) is 0 Å². The molecule has 1 aliphatic rings. The Morgan fingerprint density at radius 1 is 1.04 bits per heavy atom. The average molecular weight is 340 g/mol. The summed E-state index contributed by atoms with van der Waals surface area (Å²) in [4.78, 5) is 25.1. The highest BCUT2D eigenvalue weighted by Gasteiger charge is 2.38. The van der Waals surface area contributed by atoms with Crippen molar-refractivity contribution in [2.75, 3.05) is 4.90 Å². The lowest BCUT2D eigenvalue weighted by molar-refractivity contribution is -0.138. The lowest BCUT2D eigenvalue weighted by atomic mass is 10.1. The predicted molar refractivity (Wildman–Crippen MR) is 78.4 cm³/mol. The van der Waals surface area contributed by atoms with E-state index < -0.39 is 23.4 Å². The number of Topliss-reactive ketones (excluding diaryl/α,β-unsaturated/α-hetero) is 1. The molecule has 118 valence electrons. The highest BCUT2D eigenvalue weighted by Crippen LogP contribution is 2.36. The number of carbonyl (C=O) groups is 2. The monoisotopic (exact) mass is 339 g/mol. The maximum Gasteiger partial charge on any atom is 0.416 e. The van der Waals surface area contributed by atoms with Crippen LogP contribution in [0, 0.1) is 0 Å². The molecule has 0 bridgehead atoms. The van der Waals surface area contributed by atoms with Crippen molar-refractivity contribution in [3.63, 3.8) is 0 Å². The Morgan fingerprint density at radius 3 is 2.43 bits per heavy atom. The molecule has 0 aromatic heterocycles. The fraction of sp³-hybridized carbons (Fsp3) is 0.125. The summed E-state index contributed by atoms with van der Waals surface area (Å²) >= 11 is 5.80. The van der Waals surface area contributed by atoms with Gasteiger partial charge in [0.25, 0.3) is 11.7 Å². The van der Waals surface area contributed by atoms with Crippen molar-refractivity contribution in [1.29, 1.82) is 0 Å². The van der Waals surface area contributed by atoms with Crippen LogP contribution in [0.4, 0.5) is 18.9 Å². The summed E-state index contributed by atoms with van der Waals surface area (Å²) in [5.74, 6) is -1.63. The Morgan fingerprint density at radius 2 is 1.74 bits per heavy atom. The van der Waals surface area contributed by atoms with Crippen molar-refractivity contribution in [3.8, 4) is 0 Å². The number of anilines is 1. The Kier molecular flexibility index (Phi) is 3.64. The Hall–Kier alpha value is -2.34. The van der Waals surface area contributed by atoms with Crippen LogP contribution >= 0.6 is 11.6 Å². The zero-order valence-corrected chi connectivity index (χ0v) is 12.3. The summed E-state index contributed by atoms with van der Waals surface area (Å²) in [6.45, 7) is -0.338. The Balaban J connectivity index is 2.03. The molecule has 2 aromatic carbocycles. The number of fused-ring (bicyclic) bond motifs is 1. The maximum atomic E-state index is 13.1. The van der Waals surface area contributed by atoms with Crippen LogP contribution in [0.1, 0.15) is 21.5 Å². The minimum absolute atomic E-state index is 0.0797. The second kappa shape index (κ2) is 5.38. The minimum Gasteiger partial charge on any atom is -0.300 e. The number of carbonyl (C=O) groups excluding carboxylic acids is 2. The lowest BCUT2D eigenvalue weighted by Gasteiger charge is -2.19. The van der Waals surface area contributed by atoms with Gasteiger partial charge in [-0.1, -0.05) is 29.8 Å². The third-order valence-electron chi connectivity index (χ3n) is 3.58. The van der Waals surface area contributed by atoms with Crippen LogP contribution in [-0.4, -0.2) is 11.7 Å². The number of hydrogen-bond acceptors (Lipinski definition) is 2. The first kappa shape index (κ1) is 15.6. The van der Waals surface area contributed by atoms with Gasteiger partial charge >= 0.3 is 6.18 Å². The zero-order chi connectivity index (χ0) is 16.8. The number of alkyl halides is 3. The second-order valence-corrected chi connectivity index (χ2v) is 5.47. The number of ketones is 1. The number of rotatable bonds is 2. The number of amides is 1. The molecule has 3 rings (SSSR count). The number of hydrogen-bond donors (Lipinski definition) is 0. The molecule has 0 fully saturated rings. The number of halogens is 4. The van der Waals surface area contributed by atoms with E-state index in [0.717, 1.165) is 11.0 Å². The van der Waals surface area contributed by atoms with E-state index in [1.165, 1.54) is 36.4 Å². The molecule has 0 radical (unpaired) electrons. The van der Waals surface area contributed by atoms with Gasteiger partial charge in [-0.3, -0.25) is 9.59 Å². The van der Waals surface area contributed by atoms with E-state index >= 15 is 0 Å². The minimum atomic E-state index is -4.54. The van der Waals surface area contributed by atoms with Gasteiger partial charge in [-0.2, -0.15) is 13.2 Å². The molecule has 1 aliphatic heterocycles. The molecule has 7 heteroatoms. The largest absolute Gasteiger partial charge is 0.416 e. The average Bonchev–Trinajstić information content (AvgIpc) is 2.72. The van der Waals surface area contributed by atoms with Gasteiger partial charge in [0.15, 0.2) is 0 Å². The predicted octanol–water partition coefficient (Wildman–Crippen LogP) is 4.09. The summed E-state index contributed by atoms with van der Waals surface area (Å²) in [6.07, 6.45) is -4.54. The van der Waals surface area contributed by atoms with Crippen molar-refractivity contribution in [1.82, 2.24) is 0 Å². The standard InChI is InChI=1S/C16H9ClF3NO2/c17-10-5-6-13-11(7-10)14(22)15(23)21(13)8-9-3-1-2-4-12(9)16(18,19)20/h1-7H,8H2. The van der Waals surface area contributed by atoms with E-state index in [0.29, 0.717) is 0 Å². The van der Waals surface area contributed by atoms with Gasteiger partial charge < -0.3 is 4.90 Å². The molecular formula is C16H9ClF3NO2. The molecule has 2 aromatic rings. The fourth-order valence-electron chi connectivity index (χ4n) is 2.53. The van der Waals surface area contributed by atoms with Crippen molar-refractivity contribution < 1.29 is 22.8 Å². The first-order valence-electron chi connectivity index (χ1n) is 6.60. The quantitative estimate of drug-likeness (QED) is 0.773. The number of nitrogens with zero attached hydrogens (tertiary/aromatic N) is 1. The molecule has 1 amide bonds. The van der Waals surface area contributed by atoms with E-state index in [4.69, 9.17) is 11.6 Å². The fourth-order valence-corrected chi connectivity index (χ4v) is 2.71. The summed E-state index contributed by atoms with van der Waals surface area (Å²) in [7, 11) is 0. The molecule has 0 spiro atoms. The molecule has 23 heavy (non-hydrogen) atoms. The van der Waals surface area contributed by atoms with Crippen molar-refractivity contribution >= 4 is 29.0 Å². The number of benzene rings is 2. The van der Waals surface area contributed by atoms with Crippen molar-refractivity contribution in [2.24, 2.45) is 0 Å². The molecule has 0 atom stereocenters. The summed E-state index contributed by atoms with van der Waals surface area (Å²) < 4.78 is 39.2. The van der Waals surface area contributed by atoms with E-state index in [9.17, 15) is 22.8 Å². The first-order valence-corrected chi connectivity index (χ1v) is 6.97. The van der Waals surface area contributed by atoms with Crippen LogP contribution in [0.3, 0.4) is 0 Å². The van der Waals surface area contributed by atoms with Crippen molar-refractivity contribution in [2.45, 2.75) is 12.7 Å². The van der Waals surface area contributed by atoms with Crippen LogP contribution in [0.25, 0.3) is 0 Å². The molecule has 1 heterocycles. The summed E-state index contributed by atoms with van der Waals surface area (Å²) in [5, 5.41) is 0.280. The van der Waals surface area contributed by atoms with Crippen LogP contribution in [0.15, 0.2) is 42.5 Å². The maximum absolute atomic E-state index is 13.1. The highest BCUT2D eigenvalue weighted by atomic mass is 35.5. The van der Waals surface area contributed by atoms with Gasteiger partial charge in [-0.25, -0.2) is 0 Å². The van der Waals surface area contributed by atoms with Gasteiger partial charge in [-0.05, 0) is 29.8 Å². The Bertz CT molecular complexity index is 817. The third-order valence-corrected chi connectivity index (χ3v) is 3.82. The molecule has 3 nitrogen and oxygen atoms in total.